The molecule has 3 aromatic carbocycles. The standard InChI is InChI=1S/C28H28N2O2S.2C2H6/c1-3-24(20-12-6-4-7-13-20)30-28(31)26-22-16-10-11-17-25(22)29-27(21-14-8-5-9-15-21)23(26)18-19-33(2)32;2*1-2/h4-17,24H,3,18-19H2,1-2H3,(H,30,31);2*1-2H3. The van der Waals surface area contributed by atoms with Crippen LogP contribution in [0.15, 0.2) is 84.9 Å². The van der Waals surface area contributed by atoms with Gasteiger partial charge in [0.25, 0.3) is 5.91 Å². The van der Waals surface area contributed by atoms with E-state index in [9.17, 15) is 9.00 Å². The van der Waals surface area contributed by atoms with Crippen LogP contribution in [0.4, 0.5) is 0 Å². The summed E-state index contributed by atoms with van der Waals surface area (Å²) in [6, 6.07) is 27.6. The topological polar surface area (TPSA) is 59.1 Å². The van der Waals surface area contributed by atoms with Crippen LogP contribution < -0.4 is 5.32 Å². The van der Waals surface area contributed by atoms with E-state index in [1.807, 2.05) is 113 Å². The van der Waals surface area contributed by atoms with Gasteiger partial charge in [0.15, 0.2) is 0 Å². The SMILES string of the molecule is CC.CC.CCC(NC(=O)c1c(CCS(C)=O)c(-c2ccccc2)nc2ccccc12)c1ccccc1. The smallest absolute Gasteiger partial charge is 0.252 e. The summed E-state index contributed by atoms with van der Waals surface area (Å²) in [6.07, 6.45) is 2.98. The number of para-hydroxylation sites is 1. The Bertz CT molecular complexity index is 1270. The minimum Gasteiger partial charge on any atom is -0.345 e. The van der Waals surface area contributed by atoms with Gasteiger partial charge < -0.3 is 5.32 Å². The molecular weight excluding hydrogens is 476 g/mol. The third-order valence-corrected chi connectivity index (χ3v) is 6.60. The summed E-state index contributed by atoms with van der Waals surface area (Å²) in [4.78, 5) is 18.8. The van der Waals surface area contributed by atoms with Crippen LogP contribution in [0, 0.1) is 0 Å². The van der Waals surface area contributed by atoms with Crippen LogP contribution in [0.5, 0.6) is 0 Å². The predicted molar refractivity (Wildman–Crippen MR) is 159 cm³/mol. The largest absolute Gasteiger partial charge is 0.345 e. The Morgan fingerprint density at radius 2 is 1.43 bits per heavy atom. The molecule has 2 unspecified atom stereocenters. The van der Waals surface area contributed by atoms with Crippen molar-refractivity contribution in [2.75, 3.05) is 12.0 Å². The molecule has 4 nitrogen and oxygen atoms in total. The lowest BCUT2D eigenvalue weighted by molar-refractivity contribution is 0.0936. The monoisotopic (exact) mass is 516 g/mol. The summed E-state index contributed by atoms with van der Waals surface area (Å²) in [5, 5.41) is 4.07. The van der Waals surface area contributed by atoms with Gasteiger partial charge in [-0.05, 0) is 30.0 Å². The number of nitrogens with one attached hydrogen (secondary N) is 1. The molecule has 0 aliphatic heterocycles. The zero-order valence-electron chi connectivity index (χ0n) is 23.0. The van der Waals surface area contributed by atoms with Gasteiger partial charge in [-0.25, -0.2) is 4.98 Å². The summed E-state index contributed by atoms with van der Waals surface area (Å²) < 4.78 is 12.0. The Hall–Kier alpha value is -3.31. The van der Waals surface area contributed by atoms with Crippen LogP contribution in [0.2, 0.25) is 0 Å². The minimum absolute atomic E-state index is 0.0982. The van der Waals surface area contributed by atoms with Crippen LogP contribution in [-0.2, 0) is 17.2 Å². The van der Waals surface area contributed by atoms with E-state index in [2.05, 4.69) is 12.2 Å². The lowest BCUT2D eigenvalue weighted by atomic mass is 9.94. The van der Waals surface area contributed by atoms with Gasteiger partial charge in [0, 0.05) is 33.8 Å². The highest BCUT2D eigenvalue weighted by Gasteiger charge is 2.23. The first-order valence-electron chi connectivity index (χ1n) is 13.2. The molecule has 0 spiro atoms. The number of benzene rings is 3. The van der Waals surface area contributed by atoms with Crippen LogP contribution >= 0.6 is 0 Å². The van der Waals surface area contributed by atoms with E-state index in [1.54, 1.807) is 6.26 Å². The Morgan fingerprint density at radius 1 is 0.865 bits per heavy atom. The number of fused-ring (bicyclic) bond motifs is 1. The van der Waals surface area contributed by atoms with Crippen molar-refractivity contribution in [3.05, 3.63) is 102 Å². The molecule has 0 aliphatic carbocycles. The molecule has 196 valence electrons. The summed E-state index contributed by atoms with van der Waals surface area (Å²) in [5.41, 5.74) is 5.04. The zero-order chi connectivity index (χ0) is 27.2. The van der Waals surface area contributed by atoms with E-state index in [1.165, 1.54) is 0 Å². The number of carbonyl (C=O) groups is 1. The van der Waals surface area contributed by atoms with E-state index < -0.39 is 10.8 Å². The summed E-state index contributed by atoms with van der Waals surface area (Å²) in [5.74, 6) is 0.342. The van der Waals surface area contributed by atoms with Crippen molar-refractivity contribution in [2.24, 2.45) is 0 Å². The normalized spacial score (nSPS) is 11.8. The highest BCUT2D eigenvalue weighted by molar-refractivity contribution is 7.84. The quantitative estimate of drug-likeness (QED) is 0.260. The van der Waals surface area contributed by atoms with Crippen molar-refractivity contribution in [2.45, 2.75) is 53.5 Å². The summed E-state index contributed by atoms with van der Waals surface area (Å²) in [7, 11) is -0.987. The fraction of sp³-hybridized carbons (Fsp3) is 0.312. The maximum atomic E-state index is 13.8. The molecule has 0 bridgehead atoms. The van der Waals surface area contributed by atoms with Crippen LogP contribution in [0.3, 0.4) is 0 Å². The van der Waals surface area contributed by atoms with Crippen molar-refractivity contribution in [1.82, 2.24) is 10.3 Å². The van der Waals surface area contributed by atoms with Crippen molar-refractivity contribution in [3.8, 4) is 11.3 Å². The molecule has 0 saturated carbocycles. The average Bonchev–Trinajstić information content (AvgIpc) is 2.96. The number of amides is 1. The molecule has 0 fully saturated rings. The number of pyridine rings is 1. The van der Waals surface area contributed by atoms with E-state index >= 15 is 0 Å². The van der Waals surface area contributed by atoms with Crippen molar-refractivity contribution >= 4 is 27.6 Å². The molecular formula is C32H40N2O2S. The first-order valence-corrected chi connectivity index (χ1v) is 14.9. The zero-order valence-corrected chi connectivity index (χ0v) is 23.8. The van der Waals surface area contributed by atoms with Gasteiger partial charge in [-0.3, -0.25) is 9.00 Å². The fourth-order valence-corrected chi connectivity index (χ4v) is 4.66. The molecule has 1 N–H and O–H groups in total. The van der Waals surface area contributed by atoms with Gasteiger partial charge in [0.1, 0.15) is 0 Å². The van der Waals surface area contributed by atoms with E-state index in [0.717, 1.165) is 39.7 Å². The van der Waals surface area contributed by atoms with Gasteiger partial charge in [-0.15, -0.1) is 0 Å². The van der Waals surface area contributed by atoms with Crippen LogP contribution in [-0.4, -0.2) is 27.1 Å². The average molecular weight is 517 g/mol. The highest BCUT2D eigenvalue weighted by atomic mass is 32.2. The maximum absolute atomic E-state index is 13.8. The van der Waals surface area contributed by atoms with Crippen molar-refractivity contribution < 1.29 is 9.00 Å². The van der Waals surface area contributed by atoms with Gasteiger partial charge >= 0.3 is 0 Å². The molecule has 1 amide bonds. The maximum Gasteiger partial charge on any atom is 0.252 e. The molecule has 1 aromatic heterocycles. The molecule has 2 atom stereocenters. The van der Waals surface area contributed by atoms with Crippen molar-refractivity contribution in [1.29, 1.82) is 0 Å². The molecule has 4 aromatic rings. The Labute approximate surface area is 225 Å². The van der Waals surface area contributed by atoms with E-state index in [0.29, 0.717) is 17.7 Å². The number of hydrogen-bond donors (Lipinski definition) is 1. The lowest BCUT2D eigenvalue weighted by Crippen LogP contribution is -2.29. The van der Waals surface area contributed by atoms with Crippen molar-refractivity contribution in [3.63, 3.8) is 0 Å². The first-order chi connectivity index (χ1) is 18.1. The predicted octanol–water partition coefficient (Wildman–Crippen LogP) is 7.76. The number of carbonyl (C=O) groups excluding carboxylic acids is 1. The van der Waals surface area contributed by atoms with Crippen LogP contribution in [0.25, 0.3) is 22.2 Å². The molecule has 0 radical (unpaired) electrons. The molecule has 0 saturated heterocycles. The number of rotatable bonds is 8. The third kappa shape index (κ3) is 7.83. The number of hydrogen-bond acceptors (Lipinski definition) is 3. The van der Waals surface area contributed by atoms with Gasteiger partial charge in [-0.2, -0.15) is 0 Å². The number of aromatic nitrogens is 1. The fourth-order valence-electron chi connectivity index (χ4n) is 4.17. The number of nitrogens with zero attached hydrogens (tertiary/aromatic N) is 1. The van der Waals surface area contributed by atoms with Gasteiger partial charge in [0.05, 0.1) is 22.8 Å². The second kappa shape index (κ2) is 15.7. The summed E-state index contributed by atoms with van der Waals surface area (Å²) >= 11 is 0. The first kappa shape index (κ1) is 29.9. The molecule has 1 heterocycles. The Balaban J connectivity index is 0.00000115. The Morgan fingerprint density at radius 3 is 2.03 bits per heavy atom. The second-order valence-corrected chi connectivity index (χ2v) is 9.62. The summed E-state index contributed by atoms with van der Waals surface area (Å²) in [6.45, 7) is 10.1. The Kier molecular flexibility index (Phi) is 12.7. The van der Waals surface area contributed by atoms with Crippen LogP contribution in [0.1, 0.15) is 68.6 Å². The third-order valence-electron chi connectivity index (χ3n) is 5.82. The molecule has 5 heteroatoms. The molecule has 37 heavy (non-hydrogen) atoms. The lowest BCUT2D eigenvalue weighted by Gasteiger charge is -2.21. The van der Waals surface area contributed by atoms with Gasteiger partial charge in [0.2, 0.25) is 0 Å². The molecule has 0 aliphatic rings. The highest BCUT2D eigenvalue weighted by Crippen LogP contribution is 2.31. The van der Waals surface area contributed by atoms with E-state index in [4.69, 9.17) is 4.98 Å². The van der Waals surface area contributed by atoms with Gasteiger partial charge in [-0.1, -0.05) is 113 Å². The second-order valence-electron chi connectivity index (χ2n) is 8.07. The van der Waals surface area contributed by atoms with E-state index in [-0.39, 0.29) is 11.9 Å². The minimum atomic E-state index is -0.987. The molecule has 4 rings (SSSR count).